The summed E-state index contributed by atoms with van der Waals surface area (Å²) in [7, 11) is 1.87. The first-order valence-electron chi connectivity index (χ1n) is 5.82. The minimum absolute atomic E-state index is 0.257. The molecule has 0 saturated heterocycles. The molecule has 0 spiro atoms. The average Bonchev–Trinajstić information content (AvgIpc) is 2.35. The third kappa shape index (κ3) is 2.62. The maximum absolute atomic E-state index is 13.1. The minimum atomic E-state index is -0.257. The van der Waals surface area contributed by atoms with E-state index in [1.807, 2.05) is 43.1 Å². The third-order valence-electron chi connectivity index (χ3n) is 2.98. The summed E-state index contributed by atoms with van der Waals surface area (Å²) in [6, 6.07) is 12.1. The average molecular weight is 245 g/mol. The maximum atomic E-state index is 13.1. The third-order valence-corrected chi connectivity index (χ3v) is 2.98. The van der Waals surface area contributed by atoms with Gasteiger partial charge in [0.25, 0.3) is 0 Å². The Morgan fingerprint density at radius 3 is 2.61 bits per heavy atom. The quantitative estimate of drug-likeness (QED) is 0.895. The van der Waals surface area contributed by atoms with Crippen molar-refractivity contribution in [1.29, 1.82) is 0 Å². The molecule has 0 unspecified atom stereocenters. The number of hydrogen-bond acceptors (Lipinski definition) is 2. The van der Waals surface area contributed by atoms with Gasteiger partial charge >= 0.3 is 0 Å². The first-order chi connectivity index (χ1) is 8.58. The zero-order chi connectivity index (χ0) is 13.1. The number of halogens is 1. The van der Waals surface area contributed by atoms with Gasteiger partial charge in [-0.25, -0.2) is 4.39 Å². The van der Waals surface area contributed by atoms with Gasteiger partial charge < -0.3 is 10.0 Å². The molecular formula is C15H16FNO. The zero-order valence-electron chi connectivity index (χ0n) is 10.5. The number of hydrogen-bond donors (Lipinski definition) is 1. The van der Waals surface area contributed by atoms with Crippen molar-refractivity contribution in [2.75, 3.05) is 11.9 Å². The summed E-state index contributed by atoms with van der Waals surface area (Å²) in [5, 5.41) is 9.95. The first kappa shape index (κ1) is 12.4. The van der Waals surface area contributed by atoms with E-state index in [4.69, 9.17) is 0 Å². The van der Waals surface area contributed by atoms with Crippen LogP contribution in [0.5, 0.6) is 5.75 Å². The predicted octanol–water partition coefficient (Wildman–Crippen LogP) is 3.48. The summed E-state index contributed by atoms with van der Waals surface area (Å²) in [4.78, 5) is 1.90. The number of para-hydroxylation sites is 1. The number of nitrogens with zero attached hydrogens (tertiary/aromatic N) is 1. The van der Waals surface area contributed by atoms with E-state index in [1.54, 1.807) is 6.07 Å². The highest BCUT2D eigenvalue weighted by molar-refractivity contribution is 5.48. The topological polar surface area (TPSA) is 23.5 Å². The Balaban J connectivity index is 2.21. The lowest BCUT2D eigenvalue weighted by Crippen LogP contribution is -2.16. The van der Waals surface area contributed by atoms with Gasteiger partial charge in [0.2, 0.25) is 0 Å². The standard InChI is InChI=1S/C15H16FNO/c1-11-5-3-6-12(15(11)18)10-17(2)14-8-4-7-13(16)9-14/h3-9,18H,10H2,1-2H3. The van der Waals surface area contributed by atoms with Crippen LogP contribution < -0.4 is 4.90 Å². The molecule has 94 valence electrons. The molecule has 0 atom stereocenters. The summed E-state index contributed by atoms with van der Waals surface area (Å²) in [6.45, 7) is 2.40. The molecule has 0 aliphatic carbocycles. The fraction of sp³-hybridized carbons (Fsp3) is 0.200. The second kappa shape index (κ2) is 5.08. The van der Waals surface area contributed by atoms with Gasteiger partial charge in [0.05, 0.1) is 0 Å². The molecule has 0 aliphatic heterocycles. The van der Waals surface area contributed by atoms with Crippen LogP contribution in [-0.2, 0) is 6.54 Å². The lowest BCUT2D eigenvalue weighted by atomic mass is 10.1. The van der Waals surface area contributed by atoms with Crippen molar-refractivity contribution in [2.45, 2.75) is 13.5 Å². The molecule has 2 aromatic rings. The molecular weight excluding hydrogens is 229 g/mol. The van der Waals surface area contributed by atoms with E-state index < -0.39 is 0 Å². The van der Waals surface area contributed by atoms with Crippen LogP contribution >= 0.6 is 0 Å². The second-order valence-corrected chi connectivity index (χ2v) is 4.42. The Kier molecular flexibility index (Phi) is 3.51. The van der Waals surface area contributed by atoms with E-state index >= 15 is 0 Å². The summed E-state index contributed by atoms with van der Waals surface area (Å²) in [5.74, 6) is 0.0496. The van der Waals surface area contributed by atoms with Crippen LogP contribution in [0.2, 0.25) is 0 Å². The molecule has 0 radical (unpaired) electrons. The van der Waals surface area contributed by atoms with Crippen molar-refractivity contribution < 1.29 is 9.50 Å². The van der Waals surface area contributed by atoms with Crippen LogP contribution in [0, 0.1) is 12.7 Å². The molecule has 0 amide bonds. The van der Waals surface area contributed by atoms with Crippen LogP contribution in [-0.4, -0.2) is 12.2 Å². The highest BCUT2D eigenvalue weighted by atomic mass is 19.1. The number of phenols is 1. The Bertz CT molecular complexity index is 554. The number of rotatable bonds is 3. The first-order valence-corrected chi connectivity index (χ1v) is 5.82. The van der Waals surface area contributed by atoms with E-state index in [9.17, 15) is 9.50 Å². The molecule has 2 aromatic carbocycles. The highest BCUT2D eigenvalue weighted by Crippen LogP contribution is 2.24. The summed E-state index contributed by atoms with van der Waals surface area (Å²) in [6.07, 6.45) is 0. The largest absolute Gasteiger partial charge is 0.507 e. The SMILES string of the molecule is Cc1cccc(CN(C)c2cccc(F)c2)c1O. The van der Waals surface area contributed by atoms with Crippen LogP contribution in [0.25, 0.3) is 0 Å². The van der Waals surface area contributed by atoms with E-state index in [0.29, 0.717) is 12.3 Å². The number of benzene rings is 2. The fourth-order valence-electron chi connectivity index (χ4n) is 1.91. The lowest BCUT2D eigenvalue weighted by Gasteiger charge is -2.20. The smallest absolute Gasteiger partial charge is 0.125 e. The second-order valence-electron chi connectivity index (χ2n) is 4.42. The molecule has 0 bridgehead atoms. The molecule has 0 heterocycles. The van der Waals surface area contributed by atoms with E-state index in [1.165, 1.54) is 12.1 Å². The van der Waals surface area contributed by atoms with Crippen molar-refractivity contribution in [1.82, 2.24) is 0 Å². The lowest BCUT2D eigenvalue weighted by molar-refractivity contribution is 0.463. The Morgan fingerprint density at radius 2 is 1.89 bits per heavy atom. The summed E-state index contributed by atoms with van der Waals surface area (Å²) < 4.78 is 13.1. The molecule has 2 rings (SSSR count). The monoisotopic (exact) mass is 245 g/mol. The minimum Gasteiger partial charge on any atom is -0.507 e. The Morgan fingerprint density at radius 1 is 1.17 bits per heavy atom. The predicted molar refractivity (Wildman–Crippen MR) is 71.4 cm³/mol. The van der Waals surface area contributed by atoms with Crippen molar-refractivity contribution >= 4 is 5.69 Å². The van der Waals surface area contributed by atoms with Crippen molar-refractivity contribution in [3.63, 3.8) is 0 Å². The van der Waals surface area contributed by atoms with Gasteiger partial charge in [-0.1, -0.05) is 24.3 Å². The highest BCUT2D eigenvalue weighted by Gasteiger charge is 2.08. The Hall–Kier alpha value is -2.03. The fourth-order valence-corrected chi connectivity index (χ4v) is 1.91. The van der Waals surface area contributed by atoms with E-state index in [0.717, 1.165) is 16.8 Å². The van der Waals surface area contributed by atoms with Crippen LogP contribution in [0.4, 0.5) is 10.1 Å². The number of anilines is 1. The van der Waals surface area contributed by atoms with Gasteiger partial charge in [-0.05, 0) is 30.7 Å². The van der Waals surface area contributed by atoms with Crippen LogP contribution in [0.1, 0.15) is 11.1 Å². The van der Waals surface area contributed by atoms with Gasteiger partial charge in [-0.15, -0.1) is 0 Å². The molecule has 0 saturated carbocycles. The normalized spacial score (nSPS) is 10.4. The number of phenolic OH excluding ortho intramolecular Hbond substituents is 1. The Labute approximate surface area is 106 Å². The van der Waals surface area contributed by atoms with Crippen LogP contribution in [0.15, 0.2) is 42.5 Å². The van der Waals surface area contributed by atoms with Crippen LogP contribution in [0.3, 0.4) is 0 Å². The molecule has 2 nitrogen and oxygen atoms in total. The molecule has 1 N–H and O–H groups in total. The zero-order valence-corrected chi connectivity index (χ0v) is 10.5. The van der Waals surface area contributed by atoms with E-state index in [2.05, 4.69) is 0 Å². The van der Waals surface area contributed by atoms with Gasteiger partial charge in [-0.2, -0.15) is 0 Å². The van der Waals surface area contributed by atoms with Gasteiger partial charge in [0.1, 0.15) is 11.6 Å². The summed E-state index contributed by atoms with van der Waals surface area (Å²) in [5.41, 5.74) is 2.47. The molecule has 3 heteroatoms. The number of aromatic hydroxyl groups is 1. The summed E-state index contributed by atoms with van der Waals surface area (Å²) >= 11 is 0. The van der Waals surface area contributed by atoms with Crippen molar-refractivity contribution in [3.05, 3.63) is 59.4 Å². The van der Waals surface area contributed by atoms with E-state index in [-0.39, 0.29) is 5.82 Å². The molecule has 0 fully saturated rings. The maximum Gasteiger partial charge on any atom is 0.125 e. The van der Waals surface area contributed by atoms with Gasteiger partial charge in [0.15, 0.2) is 0 Å². The molecule has 0 aromatic heterocycles. The molecule has 18 heavy (non-hydrogen) atoms. The molecule has 0 aliphatic rings. The van der Waals surface area contributed by atoms with Crippen molar-refractivity contribution in [3.8, 4) is 5.75 Å². The van der Waals surface area contributed by atoms with Gasteiger partial charge in [0, 0.05) is 24.8 Å². The number of aryl methyl sites for hydroxylation is 1. The van der Waals surface area contributed by atoms with Gasteiger partial charge in [-0.3, -0.25) is 0 Å². The van der Waals surface area contributed by atoms with Crippen molar-refractivity contribution in [2.24, 2.45) is 0 Å².